The highest BCUT2D eigenvalue weighted by atomic mass is 79.9. The van der Waals surface area contributed by atoms with E-state index in [1.165, 1.54) is 19.2 Å². The molecular weight excluding hydrogens is 339 g/mol. The number of alkyl halides is 3. The van der Waals surface area contributed by atoms with E-state index in [4.69, 9.17) is 0 Å². The van der Waals surface area contributed by atoms with Crippen molar-refractivity contribution in [1.82, 2.24) is 14.9 Å². The highest BCUT2D eigenvalue weighted by molar-refractivity contribution is 9.10. The highest BCUT2D eigenvalue weighted by Gasteiger charge is 2.40. The van der Waals surface area contributed by atoms with Crippen molar-refractivity contribution in [2.45, 2.75) is 6.18 Å². The van der Waals surface area contributed by atoms with Gasteiger partial charge >= 0.3 is 6.18 Å². The van der Waals surface area contributed by atoms with Gasteiger partial charge in [0.25, 0.3) is 5.91 Å². The fourth-order valence-electron chi connectivity index (χ4n) is 1.70. The smallest absolute Gasteiger partial charge is 0.354 e. The van der Waals surface area contributed by atoms with Crippen molar-refractivity contribution in [3.05, 3.63) is 46.5 Å². The molecule has 0 unspecified atom stereocenters. The van der Waals surface area contributed by atoms with Crippen LogP contribution in [-0.2, 0) is 6.18 Å². The second kappa shape index (κ2) is 5.28. The SMILES string of the molecule is CNC(=O)c1ncn(-c2ccc(Br)cc2)c1C(F)(F)F. The lowest BCUT2D eigenvalue weighted by Gasteiger charge is -2.12. The number of benzene rings is 1. The molecule has 1 N–H and O–H groups in total. The number of hydrogen-bond acceptors (Lipinski definition) is 2. The lowest BCUT2D eigenvalue weighted by molar-refractivity contribution is -0.142. The summed E-state index contributed by atoms with van der Waals surface area (Å²) in [5, 5.41) is 2.15. The molecule has 0 aliphatic rings. The van der Waals surface area contributed by atoms with Crippen molar-refractivity contribution in [3.8, 4) is 5.69 Å². The predicted octanol–water partition coefficient (Wildman–Crippen LogP) is 3.01. The second-order valence-corrected chi connectivity index (χ2v) is 4.78. The molecule has 1 aromatic carbocycles. The van der Waals surface area contributed by atoms with Crippen LogP contribution in [0.1, 0.15) is 16.2 Å². The van der Waals surface area contributed by atoms with E-state index in [2.05, 4.69) is 26.2 Å². The fourth-order valence-corrected chi connectivity index (χ4v) is 1.97. The Morgan fingerprint density at radius 1 is 1.30 bits per heavy atom. The molecule has 8 heteroatoms. The number of imidazole rings is 1. The van der Waals surface area contributed by atoms with E-state index in [0.29, 0.717) is 0 Å². The van der Waals surface area contributed by atoms with Gasteiger partial charge in [-0.1, -0.05) is 15.9 Å². The first-order valence-corrected chi connectivity index (χ1v) is 6.26. The lowest BCUT2D eigenvalue weighted by atomic mass is 10.2. The number of carbonyl (C=O) groups excluding carboxylic acids is 1. The van der Waals surface area contributed by atoms with Crippen molar-refractivity contribution in [1.29, 1.82) is 0 Å². The van der Waals surface area contributed by atoms with E-state index in [0.717, 1.165) is 15.4 Å². The Balaban J connectivity index is 2.62. The van der Waals surface area contributed by atoms with E-state index in [-0.39, 0.29) is 5.69 Å². The molecule has 1 aromatic heterocycles. The van der Waals surface area contributed by atoms with Crippen LogP contribution in [0.5, 0.6) is 0 Å². The second-order valence-electron chi connectivity index (χ2n) is 3.87. The van der Waals surface area contributed by atoms with Crippen LogP contribution in [0, 0.1) is 0 Å². The van der Waals surface area contributed by atoms with E-state index >= 15 is 0 Å². The number of rotatable bonds is 2. The molecule has 0 saturated carbocycles. The van der Waals surface area contributed by atoms with Gasteiger partial charge in [-0.2, -0.15) is 13.2 Å². The molecule has 2 rings (SSSR count). The van der Waals surface area contributed by atoms with Crippen LogP contribution in [0.2, 0.25) is 0 Å². The van der Waals surface area contributed by atoms with Gasteiger partial charge < -0.3 is 5.32 Å². The minimum Gasteiger partial charge on any atom is -0.354 e. The van der Waals surface area contributed by atoms with Crippen LogP contribution in [0.15, 0.2) is 35.1 Å². The molecule has 0 aliphatic carbocycles. The van der Waals surface area contributed by atoms with Crippen molar-refractivity contribution in [2.75, 3.05) is 7.05 Å². The molecule has 0 spiro atoms. The Bertz CT molecular complexity index is 634. The van der Waals surface area contributed by atoms with Gasteiger partial charge in [-0.15, -0.1) is 0 Å². The van der Waals surface area contributed by atoms with Crippen LogP contribution in [0.25, 0.3) is 5.69 Å². The van der Waals surface area contributed by atoms with E-state index in [1.807, 2.05) is 0 Å². The summed E-state index contributed by atoms with van der Waals surface area (Å²) in [5.41, 5.74) is -1.48. The average molecular weight is 348 g/mol. The van der Waals surface area contributed by atoms with Gasteiger partial charge in [-0.05, 0) is 24.3 Å². The van der Waals surface area contributed by atoms with Crippen molar-refractivity contribution in [2.24, 2.45) is 0 Å². The molecule has 0 fully saturated rings. The zero-order valence-corrected chi connectivity index (χ0v) is 11.8. The first-order chi connectivity index (χ1) is 9.34. The third-order valence-corrected chi connectivity index (χ3v) is 3.11. The molecule has 0 saturated heterocycles. The van der Waals surface area contributed by atoms with Gasteiger partial charge in [0, 0.05) is 17.2 Å². The van der Waals surface area contributed by atoms with Crippen molar-refractivity contribution >= 4 is 21.8 Å². The minimum atomic E-state index is -4.69. The van der Waals surface area contributed by atoms with Crippen LogP contribution < -0.4 is 5.32 Å². The summed E-state index contributed by atoms with van der Waals surface area (Å²) < 4.78 is 41.0. The maximum atomic E-state index is 13.2. The molecule has 0 bridgehead atoms. The van der Waals surface area contributed by atoms with Gasteiger partial charge in [0.05, 0.1) is 0 Å². The summed E-state index contributed by atoms with van der Waals surface area (Å²) in [6.07, 6.45) is -3.71. The lowest BCUT2D eigenvalue weighted by Crippen LogP contribution is -2.24. The number of aromatic nitrogens is 2. The van der Waals surface area contributed by atoms with Gasteiger partial charge in [-0.3, -0.25) is 9.36 Å². The average Bonchev–Trinajstić information content (AvgIpc) is 2.83. The fraction of sp³-hybridized carbons (Fsp3) is 0.167. The molecule has 1 amide bonds. The quantitative estimate of drug-likeness (QED) is 0.907. The molecule has 0 atom stereocenters. The Morgan fingerprint density at radius 3 is 2.40 bits per heavy atom. The number of hydrogen-bond donors (Lipinski definition) is 1. The van der Waals surface area contributed by atoms with Crippen LogP contribution in [0.3, 0.4) is 0 Å². The van der Waals surface area contributed by atoms with Crippen molar-refractivity contribution < 1.29 is 18.0 Å². The van der Waals surface area contributed by atoms with Gasteiger partial charge in [0.2, 0.25) is 0 Å². The van der Waals surface area contributed by atoms with E-state index in [9.17, 15) is 18.0 Å². The highest BCUT2D eigenvalue weighted by Crippen LogP contribution is 2.33. The van der Waals surface area contributed by atoms with E-state index < -0.39 is 23.5 Å². The largest absolute Gasteiger partial charge is 0.434 e. The summed E-state index contributed by atoms with van der Waals surface area (Å²) in [6, 6.07) is 6.20. The summed E-state index contributed by atoms with van der Waals surface area (Å²) in [6.45, 7) is 0. The molecular formula is C12H9BrF3N3O. The predicted molar refractivity (Wildman–Crippen MR) is 69.7 cm³/mol. The summed E-state index contributed by atoms with van der Waals surface area (Å²) in [5.74, 6) is -0.881. The molecule has 20 heavy (non-hydrogen) atoms. The molecule has 2 aromatic rings. The molecule has 106 valence electrons. The van der Waals surface area contributed by atoms with Gasteiger partial charge in [-0.25, -0.2) is 4.98 Å². The van der Waals surface area contributed by atoms with Crippen LogP contribution >= 0.6 is 15.9 Å². The van der Waals surface area contributed by atoms with Crippen LogP contribution in [0.4, 0.5) is 13.2 Å². The van der Waals surface area contributed by atoms with Gasteiger partial charge in [0.15, 0.2) is 11.4 Å². The monoisotopic (exact) mass is 347 g/mol. The minimum absolute atomic E-state index is 0.267. The number of nitrogens with one attached hydrogen (secondary N) is 1. The summed E-state index contributed by atoms with van der Waals surface area (Å²) in [7, 11) is 1.25. The normalized spacial score (nSPS) is 11.4. The zero-order valence-electron chi connectivity index (χ0n) is 10.2. The number of carbonyl (C=O) groups is 1. The van der Waals surface area contributed by atoms with Gasteiger partial charge in [0.1, 0.15) is 6.33 Å². The molecule has 0 radical (unpaired) electrons. The standard InChI is InChI=1S/C12H9BrF3N3O/c1-17-11(20)9-10(12(14,15)16)19(6-18-9)8-4-2-7(13)3-5-8/h2-6H,1H3,(H,17,20). The third-order valence-electron chi connectivity index (χ3n) is 2.58. The Morgan fingerprint density at radius 2 is 1.90 bits per heavy atom. The number of halogens is 4. The Hall–Kier alpha value is -1.83. The maximum absolute atomic E-state index is 13.2. The number of nitrogens with zero attached hydrogens (tertiary/aromatic N) is 2. The Labute approximate surface area is 120 Å². The van der Waals surface area contributed by atoms with Crippen LogP contribution in [-0.4, -0.2) is 22.5 Å². The summed E-state index contributed by atoms with van der Waals surface area (Å²) >= 11 is 3.20. The van der Waals surface area contributed by atoms with Crippen molar-refractivity contribution in [3.63, 3.8) is 0 Å². The molecule has 1 heterocycles. The first kappa shape index (κ1) is 14.6. The van der Waals surface area contributed by atoms with E-state index in [1.54, 1.807) is 12.1 Å². The maximum Gasteiger partial charge on any atom is 0.434 e. The zero-order chi connectivity index (χ0) is 14.9. The summed E-state index contributed by atoms with van der Waals surface area (Å²) in [4.78, 5) is 15.1. The molecule has 4 nitrogen and oxygen atoms in total. The Kier molecular flexibility index (Phi) is 3.85. The third kappa shape index (κ3) is 2.69. The topological polar surface area (TPSA) is 46.9 Å². The first-order valence-electron chi connectivity index (χ1n) is 5.47. The number of amides is 1. The molecule has 0 aliphatic heterocycles.